The number of hydrogen-bond acceptors (Lipinski definition) is 3. The zero-order valence-corrected chi connectivity index (χ0v) is 14.9. The Balaban J connectivity index is 2.02. The van der Waals surface area contributed by atoms with Gasteiger partial charge in [-0.15, -0.1) is 0 Å². The minimum atomic E-state index is -0.183. The molecule has 0 N–H and O–H groups in total. The van der Waals surface area contributed by atoms with Gasteiger partial charge in [0.25, 0.3) is 0 Å². The number of nitrogens with zero attached hydrogens (tertiary/aromatic N) is 1. The Labute approximate surface area is 140 Å². The van der Waals surface area contributed by atoms with E-state index in [-0.39, 0.29) is 11.9 Å². The molecule has 0 aromatic rings. The maximum atomic E-state index is 13.1. The Morgan fingerprint density at radius 2 is 1.65 bits per heavy atom. The first-order chi connectivity index (χ1) is 11.1. The molecule has 1 amide bonds. The van der Waals surface area contributed by atoms with Crippen LogP contribution in [0.1, 0.15) is 78.1 Å². The molecule has 132 valence electrons. The van der Waals surface area contributed by atoms with Crippen molar-refractivity contribution in [2.75, 3.05) is 13.2 Å². The molecule has 0 aromatic carbocycles. The molecule has 2 rings (SSSR count). The fraction of sp³-hybridized carbons (Fsp3) is 0.895. The van der Waals surface area contributed by atoms with Crippen molar-refractivity contribution in [2.45, 2.75) is 84.1 Å². The number of rotatable bonds is 6. The van der Waals surface area contributed by atoms with Gasteiger partial charge in [-0.3, -0.25) is 9.59 Å². The SMILES string of the molecule is CCOC(=O)CCN(C(=O)C1CCCCC1)C1CCCCC1C. The molecule has 2 fully saturated rings. The quantitative estimate of drug-likeness (QED) is 0.696. The van der Waals surface area contributed by atoms with Gasteiger partial charge in [0.05, 0.1) is 13.0 Å². The number of amides is 1. The third-order valence-electron chi connectivity index (χ3n) is 5.57. The summed E-state index contributed by atoms with van der Waals surface area (Å²) in [6.07, 6.45) is 10.7. The van der Waals surface area contributed by atoms with Gasteiger partial charge < -0.3 is 9.64 Å². The van der Waals surface area contributed by atoms with Crippen molar-refractivity contribution in [1.29, 1.82) is 0 Å². The topological polar surface area (TPSA) is 46.6 Å². The van der Waals surface area contributed by atoms with E-state index in [4.69, 9.17) is 4.74 Å². The van der Waals surface area contributed by atoms with Crippen molar-refractivity contribution in [1.82, 2.24) is 4.90 Å². The van der Waals surface area contributed by atoms with E-state index in [0.717, 1.165) is 19.3 Å². The van der Waals surface area contributed by atoms with Gasteiger partial charge in [0.2, 0.25) is 5.91 Å². The van der Waals surface area contributed by atoms with Gasteiger partial charge in [0.15, 0.2) is 0 Å². The largest absolute Gasteiger partial charge is 0.466 e. The van der Waals surface area contributed by atoms with Gasteiger partial charge in [-0.05, 0) is 38.5 Å². The molecule has 23 heavy (non-hydrogen) atoms. The van der Waals surface area contributed by atoms with Crippen LogP contribution in [0.3, 0.4) is 0 Å². The first-order valence-corrected chi connectivity index (χ1v) is 9.59. The van der Waals surface area contributed by atoms with Crippen LogP contribution in [-0.2, 0) is 14.3 Å². The maximum Gasteiger partial charge on any atom is 0.307 e. The summed E-state index contributed by atoms with van der Waals surface area (Å²) in [5.41, 5.74) is 0. The number of carbonyl (C=O) groups is 2. The van der Waals surface area contributed by atoms with E-state index in [1.807, 2.05) is 6.92 Å². The highest BCUT2D eigenvalue weighted by Gasteiger charge is 2.34. The van der Waals surface area contributed by atoms with E-state index in [1.165, 1.54) is 38.5 Å². The van der Waals surface area contributed by atoms with Crippen LogP contribution in [0.25, 0.3) is 0 Å². The van der Waals surface area contributed by atoms with E-state index >= 15 is 0 Å². The fourth-order valence-electron chi connectivity index (χ4n) is 4.23. The minimum absolute atomic E-state index is 0.181. The molecule has 2 aliphatic rings. The van der Waals surface area contributed by atoms with Crippen LogP contribution in [0.15, 0.2) is 0 Å². The molecular formula is C19H33NO3. The molecule has 0 spiro atoms. The standard InChI is InChI=1S/C19H33NO3/c1-3-23-18(21)13-14-20(17-12-8-7-9-15(17)2)19(22)16-10-5-4-6-11-16/h15-17H,3-14H2,1-2H3. The molecule has 0 bridgehead atoms. The zero-order valence-electron chi connectivity index (χ0n) is 14.9. The van der Waals surface area contributed by atoms with Crippen molar-refractivity contribution in [2.24, 2.45) is 11.8 Å². The van der Waals surface area contributed by atoms with E-state index in [2.05, 4.69) is 11.8 Å². The Kier molecular flexibility index (Phi) is 7.38. The normalized spacial score (nSPS) is 25.8. The average molecular weight is 323 g/mol. The van der Waals surface area contributed by atoms with Crippen LogP contribution in [0.4, 0.5) is 0 Å². The van der Waals surface area contributed by atoms with E-state index < -0.39 is 0 Å². The second kappa shape index (κ2) is 9.29. The Morgan fingerprint density at radius 3 is 2.30 bits per heavy atom. The zero-order chi connectivity index (χ0) is 16.7. The molecule has 2 aliphatic carbocycles. The molecular weight excluding hydrogens is 290 g/mol. The summed E-state index contributed by atoms with van der Waals surface area (Å²) in [4.78, 5) is 26.9. The van der Waals surface area contributed by atoms with Gasteiger partial charge in [-0.2, -0.15) is 0 Å². The average Bonchev–Trinajstić information content (AvgIpc) is 2.57. The monoisotopic (exact) mass is 323 g/mol. The van der Waals surface area contributed by atoms with E-state index in [9.17, 15) is 9.59 Å². The smallest absolute Gasteiger partial charge is 0.307 e. The van der Waals surface area contributed by atoms with Crippen LogP contribution in [-0.4, -0.2) is 36.0 Å². The molecule has 4 nitrogen and oxygen atoms in total. The highest BCUT2D eigenvalue weighted by atomic mass is 16.5. The fourth-order valence-corrected chi connectivity index (χ4v) is 4.23. The van der Waals surface area contributed by atoms with Crippen LogP contribution in [0, 0.1) is 11.8 Å². The van der Waals surface area contributed by atoms with Crippen molar-refractivity contribution in [3.63, 3.8) is 0 Å². The molecule has 2 unspecified atom stereocenters. The first kappa shape index (κ1) is 18.3. The first-order valence-electron chi connectivity index (χ1n) is 9.59. The summed E-state index contributed by atoms with van der Waals surface area (Å²) >= 11 is 0. The lowest BCUT2D eigenvalue weighted by Crippen LogP contribution is -2.48. The Bertz CT molecular complexity index is 390. The Morgan fingerprint density at radius 1 is 1.00 bits per heavy atom. The summed E-state index contributed by atoms with van der Waals surface area (Å²) in [7, 11) is 0. The predicted molar refractivity (Wildman–Crippen MR) is 91.0 cm³/mol. The van der Waals surface area contributed by atoms with Crippen molar-refractivity contribution >= 4 is 11.9 Å². The third-order valence-corrected chi connectivity index (χ3v) is 5.57. The van der Waals surface area contributed by atoms with Crippen LogP contribution in [0.5, 0.6) is 0 Å². The van der Waals surface area contributed by atoms with Gasteiger partial charge >= 0.3 is 5.97 Å². The summed E-state index contributed by atoms with van der Waals surface area (Å²) < 4.78 is 5.05. The predicted octanol–water partition coefficient (Wildman–Crippen LogP) is 3.93. The highest BCUT2D eigenvalue weighted by molar-refractivity contribution is 5.80. The lowest BCUT2D eigenvalue weighted by Gasteiger charge is -2.40. The molecule has 0 aliphatic heterocycles. The van der Waals surface area contributed by atoms with Crippen molar-refractivity contribution in [3.8, 4) is 0 Å². The molecule has 0 saturated heterocycles. The lowest BCUT2D eigenvalue weighted by molar-refractivity contribution is -0.146. The van der Waals surface area contributed by atoms with Gasteiger partial charge in [-0.1, -0.05) is 39.0 Å². The van der Waals surface area contributed by atoms with Crippen LogP contribution >= 0.6 is 0 Å². The third kappa shape index (κ3) is 5.22. The molecule has 4 heteroatoms. The second-order valence-corrected chi connectivity index (χ2v) is 7.25. The van der Waals surface area contributed by atoms with Crippen molar-refractivity contribution in [3.05, 3.63) is 0 Å². The number of esters is 1. The highest BCUT2D eigenvalue weighted by Crippen LogP contribution is 2.32. The Hall–Kier alpha value is -1.06. The van der Waals surface area contributed by atoms with Crippen molar-refractivity contribution < 1.29 is 14.3 Å². The van der Waals surface area contributed by atoms with Crippen LogP contribution in [0.2, 0.25) is 0 Å². The summed E-state index contributed by atoms with van der Waals surface area (Å²) in [6.45, 7) is 5.03. The molecule has 0 heterocycles. The number of hydrogen-bond donors (Lipinski definition) is 0. The summed E-state index contributed by atoms with van der Waals surface area (Å²) in [5.74, 6) is 0.837. The second-order valence-electron chi connectivity index (χ2n) is 7.25. The molecule has 2 saturated carbocycles. The number of carbonyl (C=O) groups excluding carboxylic acids is 2. The summed E-state index contributed by atoms with van der Waals surface area (Å²) in [6, 6.07) is 0.313. The van der Waals surface area contributed by atoms with E-state index in [1.54, 1.807) is 0 Å². The van der Waals surface area contributed by atoms with E-state index in [0.29, 0.717) is 37.4 Å². The molecule has 0 radical (unpaired) electrons. The lowest BCUT2D eigenvalue weighted by atomic mass is 9.82. The van der Waals surface area contributed by atoms with Gasteiger partial charge in [0.1, 0.15) is 0 Å². The molecule has 0 aromatic heterocycles. The maximum absolute atomic E-state index is 13.1. The molecule has 2 atom stereocenters. The summed E-state index contributed by atoms with van der Waals surface area (Å²) in [5, 5.41) is 0. The number of ether oxygens (including phenoxy) is 1. The minimum Gasteiger partial charge on any atom is -0.466 e. The van der Waals surface area contributed by atoms with Gasteiger partial charge in [-0.25, -0.2) is 0 Å². The van der Waals surface area contributed by atoms with Gasteiger partial charge in [0, 0.05) is 18.5 Å². The van der Waals surface area contributed by atoms with Crippen LogP contribution < -0.4 is 0 Å².